The summed E-state index contributed by atoms with van der Waals surface area (Å²) in [7, 11) is 0. The van der Waals surface area contributed by atoms with Crippen molar-refractivity contribution in [3.8, 4) is 0 Å². The Bertz CT molecular complexity index is 206. The first-order chi connectivity index (χ1) is 7.85. The summed E-state index contributed by atoms with van der Waals surface area (Å²) in [5.74, 6) is 0. The molecule has 0 amide bonds. The van der Waals surface area contributed by atoms with E-state index in [0.29, 0.717) is 19.3 Å². The maximum absolute atomic E-state index is 8.56. The first kappa shape index (κ1) is 12.3. The Morgan fingerprint density at radius 1 is 1.38 bits per heavy atom. The molecule has 4 heteroatoms. The fraction of sp³-hybridized carbons (Fsp3) is 1.00. The second-order valence-corrected chi connectivity index (χ2v) is 4.86. The summed E-state index contributed by atoms with van der Waals surface area (Å²) < 4.78 is 11.1. The molecule has 1 saturated heterocycles. The van der Waals surface area contributed by atoms with Gasteiger partial charge >= 0.3 is 0 Å². The average Bonchev–Trinajstić information content (AvgIpc) is 2.27. The lowest BCUT2D eigenvalue weighted by Crippen LogP contribution is -2.51. The fourth-order valence-corrected chi connectivity index (χ4v) is 2.62. The summed E-state index contributed by atoms with van der Waals surface area (Å²) in [6.45, 7) is 3.01. The van der Waals surface area contributed by atoms with Gasteiger partial charge in [-0.25, -0.2) is 0 Å². The van der Waals surface area contributed by atoms with Crippen molar-refractivity contribution in [1.82, 2.24) is 5.32 Å². The van der Waals surface area contributed by atoms with Crippen molar-refractivity contribution in [3.05, 3.63) is 0 Å². The van der Waals surface area contributed by atoms with Crippen LogP contribution >= 0.6 is 0 Å². The standard InChI is InChI=1S/C12H23NO3/c14-6-9-15-8-5-13-11-2-7-16-12(10-11)3-1-4-12/h11,13-14H,1-10H2. The lowest BCUT2D eigenvalue weighted by atomic mass is 9.74. The third kappa shape index (κ3) is 3.17. The van der Waals surface area contributed by atoms with Gasteiger partial charge in [-0.3, -0.25) is 0 Å². The van der Waals surface area contributed by atoms with Gasteiger partial charge in [0.1, 0.15) is 0 Å². The van der Waals surface area contributed by atoms with E-state index in [1.807, 2.05) is 0 Å². The van der Waals surface area contributed by atoms with Crippen molar-refractivity contribution >= 4 is 0 Å². The van der Waals surface area contributed by atoms with E-state index in [-0.39, 0.29) is 12.2 Å². The van der Waals surface area contributed by atoms with Crippen molar-refractivity contribution in [2.45, 2.75) is 43.7 Å². The summed E-state index contributed by atoms with van der Waals surface area (Å²) in [6.07, 6.45) is 6.08. The van der Waals surface area contributed by atoms with Crippen LogP contribution in [0.15, 0.2) is 0 Å². The second-order valence-electron chi connectivity index (χ2n) is 4.86. The molecule has 1 saturated carbocycles. The average molecular weight is 229 g/mol. The minimum absolute atomic E-state index is 0.111. The number of nitrogens with one attached hydrogen (secondary N) is 1. The van der Waals surface area contributed by atoms with Gasteiger partial charge in [0.05, 0.1) is 25.4 Å². The van der Waals surface area contributed by atoms with Crippen LogP contribution in [0.1, 0.15) is 32.1 Å². The highest BCUT2D eigenvalue weighted by molar-refractivity contribution is 4.95. The SMILES string of the molecule is OCCOCCNC1CCOC2(CCC2)C1. The van der Waals surface area contributed by atoms with E-state index in [2.05, 4.69) is 5.32 Å². The van der Waals surface area contributed by atoms with Crippen LogP contribution in [0.2, 0.25) is 0 Å². The summed E-state index contributed by atoms with van der Waals surface area (Å²) >= 11 is 0. The van der Waals surface area contributed by atoms with Gasteiger partial charge in [0.15, 0.2) is 0 Å². The third-order valence-electron chi connectivity index (χ3n) is 3.67. The fourth-order valence-electron chi connectivity index (χ4n) is 2.62. The largest absolute Gasteiger partial charge is 0.394 e. The second kappa shape index (κ2) is 5.96. The molecule has 2 aliphatic rings. The molecule has 2 N–H and O–H groups in total. The zero-order valence-electron chi connectivity index (χ0n) is 9.91. The molecule has 1 unspecified atom stereocenters. The molecule has 0 bridgehead atoms. The van der Waals surface area contributed by atoms with Crippen molar-refractivity contribution in [3.63, 3.8) is 0 Å². The quantitative estimate of drug-likeness (QED) is 0.658. The molecule has 1 heterocycles. The molecular formula is C12H23NO3. The van der Waals surface area contributed by atoms with Gasteiger partial charge in [-0.05, 0) is 32.1 Å². The smallest absolute Gasteiger partial charge is 0.0698 e. The maximum Gasteiger partial charge on any atom is 0.0698 e. The first-order valence-corrected chi connectivity index (χ1v) is 6.41. The van der Waals surface area contributed by atoms with Gasteiger partial charge in [-0.15, -0.1) is 0 Å². The van der Waals surface area contributed by atoms with Gasteiger partial charge in [0.2, 0.25) is 0 Å². The minimum Gasteiger partial charge on any atom is -0.394 e. The van der Waals surface area contributed by atoms with Crippen LogP contribution in [-0.4, -0.2) is 49.7 Å². The molecule has 94 valence electrons. The van der Waals surface area contributed by atoms with E-state index in [0.717, 1.165) is 26.0 Å². The predicted octanol–water partition coefficient (Wildman–Crippen LogP) is 0.687. The molecule has 1 spiro atoms. The molecule has 2 fully saturated rings. The lowest BCUT2D eigenvalue weighted by Gasteiger charge is -2.47. The van der Waals surface area contributed by atoms with Crippen molar-refractivity contribution in [2.24, 2.45) is 0 Å². The number of hydrogen-bond donors (Lipinski definition) is 2. The molecule has 2 rings (SSSR count). The van der Waals surface area contributed by atoms with Crippen molar-refractivity contribution in [1.29, 1.82) is 0 Å². The van der Waals surface area contributed by atoms with E-state index < -0.39 is 0 Å². The minimum atomic E-state index is 0.111. The molecule has 0 radical (unpaired) electrons. The topological polar surface area (TPSA) is 50.7 Å². The molecule has 0 aromatic rings. The zero-order chi connectivity index (χ0) is 11.3. The lowest BCUT2D eigenvalue weighted by molar-refractivity contribution is -0.135. The van der Waals surface area contributed by atoms with Crippen LogP contribution in [-0.2, 0) is 9.47 Å². The Labute approximate surface area is 97.3 Å². The normalized spacial score (nSPS) is 27.9. The van der Waals surface area contributed by atoms with Crippen LogP contribution in [0.3, 0.4) is 0 Å². The molecule has 4 nitrogen and oxygen atoms in total. The summed E-state index contributed by atoms with van der Waals surface area (Å²) in [6, 6.07) is 0.590. The van der Waals surface area contributed by atoms with E-state index in [1.54, 1.807) is 0 Å². The molecule has 16 heavy (non-hydrogen) atoms. The van der Waals surface area contributed by atoms with Gasteiger partial charge in [-0.1, -0.05) is 0 Å². The van der Waals surface area contributed by atoms with Crippen LogP contribution < -0.4 is 5.32 Å². The van der Waals surface area contributed by atoms with E-state index >= 15 is 0 Å². The third-order valence-corrected chi connectivity index (χ3v) is 3.67. The van der Waals surface area contributed by atoms with Crippen LogP contribution in [0.4, 0.5) is 0 Å². The Hall–Kier alpha value is -0.160. The van der Waals surface area contributed by atoms with Crippen LogP contribution in [0, 0.1) is 0 Å². The van der Waals surface area contributed by atoms with Crippen LogP contribution in [0.5, 0.6) is 0 Å². The first-order valence-electron chi connectivity index (χ1n) is 6.41. The molecule has 1 aliphatic carbocycles. The summed E-state index contributed by atoms with van der Waals surface area (Å²) in [5.41, 5.74) is 0.224. The molecular weight excluding hydrogens is 206 g/mol. The summed E-state index contributed by atoms with van der Waals surface area (Å²) in [5, 5.41) is 12.1. The zero-order valence-corrected chi connectivity index (χ0v) is 9.91. The van der Waals surface area contributed by atoms with Crippen molar-refractivity contribution < 1.29 is 14.6 Å². The highest BCUT2D eigenvalue weighted by Gasteiger charge is 2.42. The Morgan fingerprint density at radius 3 is 2.94 bits per heavy atom. The highest BCUT2D eigenvalue weighted by atomic mass is 16.5. The number of rotatable bonds is 6. The number of hydrogen-bond acceptors (Lipinski definition) is 4. The van der Waals surface area contributed by atoms with Gasteiger partial charge < -0.3 is 19.9 Å². The predicted molar refractivity (Wildman–Crippen MR) is 61.5 cm³/mol. The Kier molecular flexibility index (Phi) is 4.58. The van der Waals surface area contributed by atoms with Gasteiger partial charge in [0, 0.05) is 19.2 Å². The van der Waals surface area contributed by atoms with Crippen molar-refractivity contribution in [2.75, 3.05) is 33.0 Å². The molecule has 1 aliphatic heterocycles. The van der Waals surface area contributed by atoms with Crippen LogP contribution in [0.25, 0.3) is 0 Å². The Morgan fingerprint density at radius 2 is 2.25 bits per heavy atom. The molecule has 1 atom stereocenters. The monoisotopic (exact) mass is 229 g/mol. The number of ether oxygens (including phenoxy) is 2. The number of aliphatic hydroxyl groups excluding tert-OH is 1. The van der Waals surface area contributed by atoms with E-state index in [4.69, 9.17) is 14.6 Å². The molecule has 0 aromatic carbocycles. The molecule has 0 aromatic heterocycles. The highest BCUT2D eigenvalue weighted by Crippen LogP contribution is 2.42. The summed E-state index contributed by atoms with van der Waals surface area (Å²) in [4.78, 5) is 0. The Balaban J connectivity index is 1.58. The van der Waals surface area contributed by atoms with Gasteiger partial charge in [-0.2, -0.15) is 0 Å². The van der Waals surface area contributed by atoms with Gasteiger partial charge in [0.25, 0.3) is 0 Å². The van der Waals surface area contributed by atoms with E-state index in [9.17, 15) is 0 Å². The number of aliphatic hydroxyl groups is 1. The maximum atomic E-state index is 8.56. The van der Waals surface area contributed by atoms with E-state index in [1.165, 1.54) is 19.3 Å².